The van der Waals surface area contributed by atoms with E-state index in [-0.39, 0.29) is 6.03 Å². The number of rotatable bonds is 6. The molecule has 2 amide bonds. The smallest absolute Gasteiger partial charge is 0.338 e. The Balaban J connectivity index is 2.18. The highest BCUT2D eigenvalue weighted by molar-refractivity contribution is 7.99. The number of esters is 1. The maximum absolute atomic E-state index is 12.4. The molecule has 1 aromatic carbocycles. The van der Waals surface area contributed by atoms with E-state index in [4.69, 9.17) is 4.74 Å². The molecule has 0 spiro atoms. The van der Waals surface area contributed by atoms with Crippen molar-refractivity contribution in [2.24, 2.45) is 0 Å². The van der Waals surface area contributed by atoms with E-state index >= 15 is 0 Å². The van der Waals surface area contributed by atoms with E-state index in [0.717, 1.165) is 17.1 Å². The van der Waals surface area contributed by atoms with Crippen molar-refractivity contribution in [1.82, 2.24) is 10.6 Å². The molecule has 1 atom stereocenters. The third kappa shape index (κ3) is 4.04. The second kappa shape index (κ2) is 7.89. The van der Waals surface area contributed by atoms with Crippen molar-refractivity contribution in [1.29, 1.82) is 0 Å². The summed E-state index contributed by atoms with van der Waals surface area (Å²) in [6.45, 7) is 4.14. The SMILES string of the molecule is CCSCCOC(=O)C1=C(C)NC(=O)N[C@H]1c1ccccc1. The van der Waals surface area contributed by atoms with Gasteiger partial charge in [0.2, 0.25) is 0 Å². The predicted octanol–water partition coefficient (Wildman–Crippen LogP) is 2.61. The van der Waals surface area contributed by atoms with Crippen LogP contribution in [0.1, 0.15) is 25.5 Å². The van der Waals surface area contributed by atoms with Crippen LogP contribution in [0.3, 0.4) is 0 Å². The summed E-state index contributed by atoms with van der Waals surface area (Å²) in [7, 11) is 0. The van der Waals surface area contributed by atoms with Crippen LogP contribution in [0.5, 0.6) is 0 Å². The topological polar surface area (TPSA) is 67.4 Å². The fourth-order valence-electron chi connectivity index (χ4n) is 2.28. The molecule has 0 aromatic heterocycles. The Morgan fingerprint density at radius 2 is 2.05 bits per heavy atom. The van der Waals surface area contributed by atoms with Crippen molar-refractivity contribution >= 4 is 23.8 Å². The van der Waals surface area contributed by atoms with Crippen molar-refractivity contribution in [2.45, 2.75) is 19.9 Å². The molecule has 1 aliphatic heterocycles. The number of nitrogens with one attached hydrogen (secondary N) is 2. The van der Waals surface area contributed by atoms with Crippen molar-refractivity contribution in [3.05, 3.63) is 47.2 Å². The second-order valence-electron chi connectivity index (χ2n) is 4.81. The summed E-state index contributed by atoms with van der Waals surface area (Å²) in [6.07, 6.45) is 0. The van der Waals surface area contributed by atoms with Crippen LogP contribution in [0.15, 0.2) is 41.6 Å². The number of hydrogen-bond acceptors (Lipinski definition) is 4. The lowest BCUT2D eigenvalue weighted by molar-refractivity contribution is -0.138. The largest absolute Gasteiger partial charge is 0.461 e. The van der Waals surface area contributed by atoms with Gasteiger partial charge in [0.25, 0.3) is 0 Å². The highest BCUT2D eigenvalue weighted by Gasteiger charge is 2.31. The molecule has 1 heterocycles. The molecule has 6 heteroatoms. The minimum Gasteiger partial charge on any atom is -0.461 e. The molecule has 0 radical (unpaired) electrons. The van der Waals surface area contributed by atoms with E-state index in [2.05, 4.69) is 17.6 Å². The lowest BCUT2D eigenvalue weighted by Crippen LogP contribution is -2.45. The summed E-state index contributed by atoms with van der Waals surface area (Å²) in [6, 6.07) is 8.60. The van der Waals surface area contributed by atoms with Gasteiger partial charge in [-0.3, -0.25) is 0 Å². The first-order chi connectivity index (χ1) is 10.6. The van der Waals surface area contributed by atoms with Crippen LogP contribution in [-0.2, 0) is 9.53 Å². The number of hydrogen-bond donors (Lipinski definition) is 2. The molecule has 22 heavy (non-hydrogen) atoms. The van der Waals surface area contributed by atoms with Crippen LogP contribution in [0, 0.1) is 0 Å². The maximum atomic E-state index is 12.4. The first-order valence-electron chi connectivity index (χ1n) is 7.21. The number of urea groups is 1. The van der Waals surface area contributed by atoms with Crippen LogP contribution >= 0.6 is 11.8 Å². The predicted molar refractivity (Wildman–Crippen MR) is 87.5 cm³/mol. The maximum Gasteiger partial charge on any atom is 0.338 e. The Morgan fingerprint density at radius 1 is 1.32 bits per heavy atom. The second-order valence-corrected chi connectivity index (χ2v) is 6.21. The number of carbonyl (C=O) groups excluding carboxylic acids is 2. The van der Waals surface area contributed by atoms with Gasteiger partial charge in [0.05, 0.1) is 11.6 Å². The van der Waals surface area contributed by atoms with Crippen molar-refractivity contribution < 1.29 is 14.3 Å². The van der Waals surface area contributed by atoms with Gasteiger partial charge in [-0.25, -0.2) is 9.59 Å². The van der Waals surface area contributed by atoms with Gasteiger partial charge in [-0.15, -0.1) is 0 Å². The molecule has 0 saturated heterocycles. The van der Waals surface area contributed by atoms with E-state index in [9.17, 15) is 9.59 Å². The molecule has 0 fully saturated rings. The first kappa shape index (κ1) is 16.4. The summed E-state index contributed by atoms with van der Waals surface area (Å²) < 4.78 is 5.33. The van der Waals surface area contributed by atoms with Crippen molar-refractivity contribution in [3.63, 3.8) is 0 Å². The lowest BCUT2D eigenvalue weighted by atomic mass is 9.96. The number of benzene rings is 1. The fraction of sp³-hybridized carbons (Fsp3) is 0.375. The molecule has 0 unspecified atom stereocenters. The van der Waals surface area contributed by atoms with Gasteiger partial charge in [0.15, 0.2) is 0 Å². The third-order valence-electron chi connectivity index (χ3n) is 3.29. The Morgan fingerprint density at radius 3 is 2.73 bits per heavy atom. The average molecular weight is 320 g/mol. The van der Waals surface area contributed by atoms with E-state index in [1.165, 1.54) is 0 Å². The van der Waals surface area contributed by atoms with Gasteiger partial charge in [-0.2, -0.15) is 11.8 Å². The Bertz CT molecular complexity index is 572. The number of amides is 2. The summed E-state index contributed by atoms with van der Waals surface area (Å²) in [4.78, 5) is 24.1. The molecular formula is C16H20N2O3S. The van der Waals surface area contributed by atoms with Crippen molar-refractivity contribution in [2.75, 3.05) is 18.1 Å². The van der Waals surface area contributed by atoms with Crippen LogP contribution < -0.4 is 10.6 Å². The monoisotopic (exact) mass is 320 g/mol. The van der Waals surface area contributed by atoms with Gasteiger partial charge < -0.3 is 15.4 Å². The normalized spacial score (nSPS) is 17.7. The highest BCUT2D eigenvalue weighted by Crippen LogP contribution is 2.27. The minimum atomic E-state index is -0.485. The zero-order valence-electron chi connectivity index (χ0n) is 12.7. The first-order valence-corrected chi connectivity index (χ1v) is 8.37. The van der Waals surface area contributed by atoms with E-state index in [0.29, 0.717) is 17.9 Å². The lowest BCUT2D eigenvalue weighted by Gasteiger charge is -2.28. The highest BCUT2D eigenvalue weighted by atomic mass is 32.2. The Kier molecular flexibility index (Phi) is 5.89. The van der Waals surface area contributed by atoms with Crippen LogP contribution in [0.2, 0.25) is 0 Å². The van der Waals surface area contributed by atoms with Gasteiger partial charge in [-0.05, 0) is 18.2 Å². The molecule has 118 valence electrons. The Hall–Kier alpha value is -1.95. The molecule has 2 rings (SSSR count). The molecular weight excluding hydrogens is 300 g/mol. The van der Waals surface area contributed by atoms with Gasteiger partial charge in [-0.1, -0.05) is 37.3 Å². The molecule has 2 N–H and O–H groups in total. The van der Waals surface area contributed by atoms with E-state index in [1.807, 2.05) is 30.3 Å². The van der Waals surface area contributed by atoms with E-state index < -0.39 is 12.0 Å². The summed E-state index contributed by atoms with van der Waals surface area (Å²) in [5.74, 6) is 1.36. The molecule has 0 bridgehead atoms. The zero-order chi connectivity index (χ0) is 15.9. The fourth-order valence-corrected chi connectivity index (χ4v) is 2.77. The summed E-state index contributed by atoms with van der Waals surface area (Å²) in [5, 5.41) is 5.42. The van der Waals surface area contributed by atoms with E-state index in [1.54, 1.807) is 18.7 Å². The number of allylic oxidation sites excluding steroid dienone is 1. The zero-order valence-corrected chi connectivity index (χ0v) is 13.5. The molecule has 0 saturated carbocycles. The van der Waals surface area contributed by atoms with Gasteiger partial charge in [0.1, 0.15) is 6.61 Å². The number of ether oxygens (including phenoxy) is 1. The van der Waals surface area contributed by atoms with Crippen LogP contribution in [0.4, 0.5) is 4.79 Å². The standard InChI is InChI=1S/C16H20N2O3S/c1-3-22-10-9-21-15(19)13-11(2)17-16(20)18-14(13)12-7-5-4-6-8-12/h4-8,14H,3,9-10H2,1-2H3,(H2,17,18,20)/t14-/m0/s1. The average Bonchev–Trinajstić information content (AvgIpc) is 2.51. The number of carbonyl (C=O) groups is 2. The third-order valence-corrected chi connectivity index (χ3v) is 4.15. The Labute approximate surface area is 134 Å². The summed E-state index contributed by atoms with van der Waals surface area (Å²) in [5.41, 5.74) is 1.84. The quantitative estimate of drug-likeness (QED) is 0.624. The summed E-state index contributed by atoms with van der Waals surface area (Å²) >= 11 is 1.72. The van der Waals surface area contributed by atoms with Crippen LogP contribution in [0.25, 0.3) is 0 Å². The van der Waals surface area contributed by atoms with Gasteiger partial charge >= 0.3 is 12.0 Å². The molecule has 5 nitrogen and oxygen atoms in total. The van der Waals surface area contributed by atoms with Gasteiger partial charge in [0, 0.05) is 11.4 Å². The molecule has 0 aliphatic carbocycles. The number of thioether (sulfide) groups is 1. The van der Waals surface area contributed by atoms with Crippen LogP contribution in [-0.4, -0.2) is 30.1 Å². The minimum absolute atomic E-state index is 0.315. The molecule has 1 aromatic rings. The molecule has 1 aliphatic rings. The van der Waals surface area contributed by atoms with Crippen molar-refractivity contribution in [3.8, 4) is 0 Å².